The van der Waals surface area contributed by atoms with Gasteiger partial charge in [0, 0.05) is 24.8 Å². The van der Waals surface area contributed by atoms with Gasteiger partial charge < -0.3 is 4.90 Å². The first kappa shape index (κ1) is 17.2. The third-order valence-electron chi connectivity index (χ3n) is 4.76. The summed E-state index contributed by atoms with van der Waals surface area (Å²) in [5.74, 6) is 1.01. The van der Waals surface area contributed by atoms with Gasteiger partial charge in [0.1, 0.15) is 5.82 Å². The van der Waals surface area contributed by atoms with Crippen LogP contribution < -0.4 is 0 Å². The van der Waals surface area contributed by atoms with Gasteiger partial charge >= 0.3 is 0 Å². The molecule has 6 nitrogen and oxygen atoms in total. The van der Waals surface area contributed by atoms with Gasteiger partial charge in [0.2, 0.25) is 5.91 Å². The molecule has 1 unspecified atom stereocenters. The minimum Gasteiger partial charge on any atom is -0.342 e. The van der Waals surface area contributed by atoms with E-state index >= 15 is 0 Å². The number of hydrogen-bond donors (Lipinski definition) is 0. The zero-order valence-corrected chi connectivity index (χ0v) is 15.6. The van der Waals surface area contributed by atoms with E-state index in [0.717, 1.165) is 35.2 Å². The molecule has 1 fully saturated rings. The monoisotopic (exact) mass is 347 g/mol. The third-order valence-corrected chi connectivity index (χ3v) is 5.79. The van der Waals surface area contributed by atoms with E-state index in [1.54, 1.807) is 0 Å². The number of fused-ring (bicyclic) bond motifs is 1. The summed E-state index contributed by atoms with van der Waals surface area (Å²) in [5.41, 5.74) is 1.70. The van der Waals surface area contributed by atoms with Crippen molar-refractivity contribution in [3.05, 3.63) is 17.6 Å². The van der Waals surface area contributed by atoms with E-state index in [-0.39, 0.29) is 11.2 Å². The van der Waals surface area contributed by atoms with Gasteiger partial charge in [-0.25, -0.2) is 4.98 Å². The van der Waals surface area contributed by atoms with Crippen LogP contribution in [0, 0.1) is 13.8 Å². The zero-order valence-electron chi connectivity index (χ0n) is 14.8. The van der Waals surface area contributed by atoms with Gasteiger partial charge in [-0.3, -0.25) is 9.20 Å². The van der Waals surface area contributed by atoms with Crippen molar-refractivity contribution in [3.63, 3.8) is 0 Å². The molecule has 0 aromatic carbocycles. The molecule has 130 valence electrons. The van der Waals surface area contributed by atoms with Gasteiger partial charge in [-0.2, -0.15) is 0 Å². The van der Waals surface area contributed by atoms with Crippen LogP contribution in [0.4, 0.5) is 0 Å². The second-order valence-electron chi connectivity index (χ2n) is 6.62. The summed E-state index contributed by atoms with van der Waals surface area (Å²) in [6.45, 7) is 5.83. The standard InChI is InChI=1S/C17H25N5OS/c1-11-10-15-19-20-17(22(15)13(3)18-11)24-12(2)16(23)21(4)14-8-6-5-7-9-14/h10,12,14H,5-9H2,1-4H3. The maximum Gasteiger partial charge on any atom is 0.235 e. The van der Waals surface area contributed by atoms with Crippen LogP contribution in [0.3, 0.4) is 0 Å². The Morgan fingerprint density at radius 3 is 2.71 bits per heavy atom. The summed E-state index contributed by atoms with van der Waals surface area (Å²) >= 11 is 1.46. The Hall–Kier alpha value is -1.63. The molecule has 1 atom stereocenters. The lowest BCUT2D eigenvalue weighted by Gasteiger charge is -2.32. The van der Waals surface area contributed by atoms with Crippen molar-refractivity contribution in [1.29, 1.82) is 0 Å². The fraction of sp³-hybridized carbons (Fsp3) is 0.647. The Kier molecular flexibility index (Phi) is 5.08. The molecule has 0 aliphatic heterocycles. The molecule has 3 rings (SSSR count). The van der Waals surface area contributed by atoms with Crippen LogP contribution in [0.15, 0.2) is 11.2 Å². The summed E-state index contributed by atoms with van der Waals surface area (Å²) in [4.78, 5) is 19.2. The lowest BCUT2D eigenvalue weighted by Crippen LogP contribution is -2.42. The Morgan fingerprint density at radius 2 is 2.00 bits per heavy atom. The summed E-state index contributed by atoms with van der Waals surface area (Å²) in [6.07, 6.45) is 5.98. The van der Waals surface area contributed by atoms with Crippen molar-refractivity contribution in [2.24, 2.45) is 0 Å². The van der Waals surface area contributed by atoms with Gasteiger partial charge in [-0.15, -0.1) is 10.2 Å². The smallest absolute Gasteiger partial charge is 0.235 e. The fourth-order valence-electron chi connectivity index (χ4n) is 3.42. The van der Waals surface area contributed by atoms with Crippen LogP contribution in [0.25, 0.3) is 5.65 Å². The molecule has 2 heterocycles. The average Bonchev–Trinajstić information content (AvgIpc) is 2.97. The van der Waals surface area contributed by atoms with Crippen LogP contribution in [-0.2, 0) is 4.79 Å². The second kappa shape index (κ2) is 7.09. The lowest BCUT2D eigenvalue weighted by molar-refractivity contribution is -0.131. The molecule has 0 bridgehead atoms. The maximum atomic E-state index is 12.8. The zero-order chi connectivity index (χ0) is 17.3. The van der Waals surface area contributed by atoms with E-state index in [4.69, 9.17) is 0 Å². The molecule has 24 heavy (non-hydrogen) atoms. The first-order chi connectivity index (χ1) is 11.5. The number of rotatable bonds is 4. The fourth-order valence-corrected chi connectivity index (χ4v) is 4.43. The van der Waals surface area contributed by atoms with Gasteiger partial charge in [0.05, 0.1) is 5.25 Å². The highest BCUT2D eigenvalue weighted by atomic mass is 32.2. The molecular formula is C17H25N5OS. The normalized spacial score (nSPS) is 17.2. The van der Waals surface area contributed by atoms with E-state index < -0.39 is 0 Å². The van der Waals surface area contributed by atoms with Crippen molar-refractivity contribution in [3.8, 4) is 0 Å². The predicted octanol–water partition coefficient (Wildman–Crippen LogP) is 3.01. The highest BCUT2D eigenvalue weighted by molar-refractivity contribution is 8.00. The molecule has 1 amide bonds. The lowest BCUT2D eigenvalue weighted by atomic mass is 9.94. The van der Waals surface area contributed by atoms with Gasteiger partial charge in [-0.1, -0.05) is 31.0 Å². The third kappa shape index (κ3) is 3.41. The molecule has 1 aliphatic carbocycles. The summed E-state index contributed by atoms with van der Waals surface area (Å²) in [6, 6.07) is 2.29. The minimum absolute atomic E-state index is 0.168. The quantitative estimate of drug-likeness (QED) is 0.796. The Labute approximate surface area is 147 Å². The van der Waals surface area contributed by atoms with Crippen LogP contribution in [0.1, 0.15) is 50.5 Å². The predicted molar refractivity (Wildman–Crippen MR) is 95.2 cm³/mol. The highest BCUT2D eigenvalue weighted by Crippen LogP contribution is 2.27. The van der Waals surface area contributed by atoms with Gasteiger partial charge in [-0.05, 0) is 33.6 Å². The summed E-state index contributed by atoms with van der Waals surface area (Å²) in [7, 11) is 1.94. The Bertz CT molecular complexity index is 738. The molecule has 2 aromatic rings. The van der Waals surface area contributed by atoms with Crippen LogP contribution >= 0.6 is 11.8 Å². The van der Waals surface area contributed by atoms with E-state index in [1.165, 1.54) is 31.0 Å². The van der Waals surface area contributed by atoms with Crippen molar-refractivity contribution >= 4 is 23.3 Å². The number of carbonyl (C=O) groups excluding carboxylic acids is 1. The van der Waals surface area contributed by atoms with Gasteiger partial charge in [0.25, 0.3) is 0 Å². The number of hydrogen-bond acceptors (Lipinski definition) is 5. The SMILES string of the molecule is Cc1cc2nnc(SC(C)C(=O)N(C)C3CCCCC3)n2c(C)n1. The molecule has 2 aromatic heterocycles. The van der Waals surface area contributed by atoms with E-state index in [9.17, 15) is 4.79 Å². The van der Waals surface area contributed by atoms with Crippen LogP contribution in [0.2, 0.25) is 0 Å². The van der Waals surface area contributed by atoms with Crippen molar-refractivity contribution in [2.45, 2.75) is 69.3 Å². The van der Waals surface area contributed by atoms with Crippen LogP contribution in [0.5, 0.6) is 0 Å². The average molecular weight is 347 g/mol. The molecule has 0 spiro atoms. The van der Waals surface area contributed by atoms with Crippen molar-refractivity contribution in [1.82, 2.24) is 24.5 Å². The molecule has 1 aliphatic rings. The van der Waals surface area contributed by atoms with Gasteiger partial charge in [0.15, 0.2) is 10.8 Å². The number of nitrogens with zero attached hydrogens (tertiary/aromatic N) is 5. The number of thioether (sulfide) groups is 1. The number of amides is 1. The Balaban J connectivity index is 1.74. The van der Waals surface area contributed by atoms with E-state index in [1.807, 2.05) is 43.2 Å². The summed E-state index contributed by atoms with van der Waals surface area (Å²) < 4.78 is 1.92. The van der Waals surface area contributed by atoms with Crippen molar-refractivity contribution in [2.75, 3.05) is 7.05 Å². The molecule has 0 saturated heterocycles. The molecule has 0 N–H and O–H groups in total. The first-order valence-corrected chi connectivity index (χ1v) is 9.48. The molecular weight excluding hydrogens is 322 g/mol. The first-order valence-electron chi connectivity index (χ1n) is 8.60. The minimum atomic E-state index is -0.190. The van der Waals surface area contributed by atoms with Crippen LogP contribution in [-0.4, -0.2) is 48.7 Å². The Morgan fingerprint density at radius 1 is 1.29 bits per heavy atom. The molecule has 7 heteroatoms. The van der Waals surface area contributed by atoms with E-state index in [0.29, 0.717) is 6.04 Å². The topological polar surface area (TPSA) is 63.4 Å². The highest BCUT2D eigenvalue weighted by Gasteiger charge is 2.27. The summed E-state index contributed by atoms with van der Waals surface area (Å²) in [5, 5.41) is 9.01. The largest absolute Gasteiger partial charge is 0.342 e. The number of aromatic nitrogens is 4. The number of carbonyl (C=O) groups is 1. The van der Waals surface area contributed by atoms with E-state index in [2.05, 4.69) is 15.2 Å². The second-order valence-corrected chi connectivity index (χ2v) is 7.93. The molecule has 1 saturated carbocycles. The maximum absolute atomic E-state index is 12.8. The number of aryl methyl sites for hydroxylation is 2. The van der Waals surface area contributed by atoms with Crippen molar-refractivity contribution < 1.29 is 4.79 Å². The molecule has 0 radical (unpaired) electrons.